The SMILES string of the molecule is CCN1C[C@H](CN(C)S(=O)(=O)c2c(F)cccc2F)Oc2ccccc21. The van der Waals surface area contributed by atoms with Crippen molar-refractivity contribution >= 4 is 15.7 Å². The Kier molecular flexibility index (Phi) is 5.15. The van der Waals surface area contributed by atoms with Crippen LogP contribution in [-0.4, -0.2) is 45.5 Å². The minimum atomic E-state index is -4.32. The molecule has 26 heavy (non-hydrogen) atoms. The van der Waals surface area contributed by atoms with E-state index in [9.17, 15) is 17.2 Å². The topological polar surface area (TPSA) is 49.9 Å². The monoisotopic (exact) mass is 382 g/mol. The molecule has 3 rings (SSSR count). The third kappa shape index (κ3) is 3.39. The van der Waals surface area contributed by atoms with E-state index in [0.717, 1.165) is 34.7 Å². The molecule has 0 radical (unpaired) electrons. The van der Waals surface area contributed by atoms with Crippen LogP contribution in [0.15, 0.2) is 47.4 Å². The molecule has 5 nitrogen and oxygen atoms in total. The number of hydrogen-bond acceptors (Lipinski definition) is 4. The van der Waals surface area contributed by atoms with Crippen LogP contribution in [0.3, 0.4) is 0 Å². The molecule has 0 saturated carbocycles. The van der Waals surface area contributed by atoms with Crippen LogP contribution >= 0.6 is 0 Å². The molecular weight excluding hydrogens is 362 g/mol. The Morgan fingerprint density at radius 2 is 1.81 bits per heavy atom. The Labute approximate surface area is 151 Å². The van der Waals surface area contributed by atoms with Gasteiger partial charge in [0.2, 0.25) is 10.0 Å². The van der Waals surface area contributed by atoms with Crippen molar-refractivity contribution in [2.75, 3.05) is 31.6 Å². The van der Waals surface area contributed by atoms with Gasteiger partial charge in [0.25, 0.3) is 0 Å². The second-order valence-corrected chi connectivity index (χ2v) is 8.06. The lowest BCUT2D eigenvalue weighted by atomic mass is 10.2. The lowest BCUT2D eigenvalue weighted by Crippen LogP contribution is -2.47. The van der Waals surface area contributed by atoms with Crippen molar-refractivity contribution in [2.24, 2.45) is 0 Å². The molecule has 1 aliphatic rings. The van der Waals surface area contributed by atoms with Crippen molar-refractivity contribution in [3.8, 4) is 5.75 Å². The highest BCUT2D eigenvalue weighted by molar-refractivity contribution is 7.89. The standard InChI is InChI=1S/C18H20F2N2O3S/c1-3-22-12-13(25-17-10-5-4-9-16(17)22)11-21(2)26(23,24)18-14(19)7-6-8-15(18)20/h4-10,13H,3,11-12H2,1-2H3/t13-/m0/s1. The molecular formula is C18H20F2N2O3S. The highest BCUT2D eigenvalue weighted by Gasteiger charge is 2.32. The summed E-state index contributed by atoms with van der Waals surface area (Å²) in [4.78, 5) is 1.14. The molecule has 0 bridgehead atoms. The predicted molar refractivity (Wildman–Crippen MR) is 94.9 cm³/mol. The van der Waals surface area contributed by atoms with Crippen LogP contribution in [0.2, 0.25) is 0 Å². The minimum Gasteiger partial charge on any atom is -0.485 e. The fourth-order valence-electron chi connectivity index (χ4n) is 3.04. The number of halogens is 2. The quantitative estimate of drug-likeness (QED) is 0.798. The summed E-state index contributed by atoms with van der Waals surface area (Å²) in [5.41, 5.74) is 0.942. The maximum absolute atomic E-state index is 13.9. The maximum atomic E-state index is 13.9. The van der Waals surface area contributed by atoms with E-state index in [-0.39, 0.29) is 6.54 Å². The second-order valence-electron chi connectivity index (χ2n) is 6.08. The maximum Gasteiger partial charge on any atom is 0.248 e. The molecule has 0 unspecified atom stereocenters. The number of rotatable bonds is 5. The van der Waals surface area contributed by atoms with Crippen LogP contribution in [0, 0.1) is 11.6 Å². The Balaban J connectivity index is 1.83. The summed E-state index contributed by atoms with van der Waals surface area (Å²) in [7, 11) is -3.02. The van der Waals surface area contributed by atoms with E-state index in [0.29, 0.717) is 12.3 Å². The van der Waals surface area contributed by atoms with Crippen LogP contribution in [0.25, 0.3) is 0 Å². The smallest absolute Gasteiger partial charge is 0.248 e. The molecule has 0 fully saturated rings. The third-order valence-electron chi connectivity index (χ3n) is 4.35. The zero-order valence-electron chi connectivity index (χ0n) is 14.5. The van der Waals surface area contributed by atoms with Crippen molar-refractivity contribution in [1.29, 1.82) is 0 Å². The van der Waals surface area contributed by atoms with Gasteiger partial charge in [0.05, 0.1) is 18.8 Å². The third-order valence-corrected chi connectivity index (χ3v) is 6.23. The molecule has 0 amide bonds. The minimum absolute atomic E-state index is 0.0268. The lowest BCUT2D eigenvalue weighted by molar-refractivity contribution is 0.171. The number of hydrogen-bond donors (Lipinski definition) is 0. The number of ether oxygens (including phenoxy) is 1. The summed E-state index contributed by atoms with van der Waals surface area (Å²) < 4.78 is 59.9. The van der Waals surface area contributed by atoms with Gasteiger partial charge in [0.1, 0.15) is 23.5 Å². The molecule has 2 aromatic carbocycles. The molecule has 0 saturated heterocycles. The summed E-state index contributed by atoms with van der Waals surface area (Å²) in [6, 6.07) is 10.5. The first-order valence-corrected chi connectivity index (χ1v) is 9.69. The van der Waals surface area contributed by atoms with Gasteiger partial charge < -0.3 is 9.64 Å². The van der Waals surface area contributed by atoms with Gasteiger partial charge in [-0.25, -0.2) is 17.2 Å². The van der Waals surface area contributed by atoms with Crippen LogP contribution in [0.1, 0.15) is 6.92 Å². The fourth-order valence-corrected chi connectivity index (χ4v) is 4.35. The second kappa shape index (κ2) is 7.20. The Morgan fingerprint density at radius 3 is 2.46 bits per heavy atom. The fraction of sp³-hybridized carbons (Fsp3) is 0.333. The van der Waals surface area contributed by atoms with Gasteiger partial charge in [0, 0.05) is 13.6 Å². The molecule has 2 aromatic rings. The summed E-state index contributed by atoms with van der Waals surface area (Å²) >= 11 is 0. The number of likely N-dealkylation sites (N-methyl/N-ethyl adjacent to an activating group) is 2. The van der Waals surface area contributed by atoms with E-state index in [1.54, 1.807) is 0 Å². The highest BCUT2D eigenvalue weighted by Crippen LogP contribution is 2.33. The first-order valence-electron chi connectivity index (χ1n) is 8.25. The van der Waals surface area contributed by atoms with Crippen molar-refractivity contribution in [1.82, 2.24) is 4.31 Å². The largest absolute Gasteiger partial charge is 0.485 e. The van der Waals surface area contributed by atoms with Gasteiger partial charge in [-0.2, -0.15) is 4.31 Å². The molecule has 1 atom stereocenters. The number of nitrogens with zero attached hydrogens (tertiary/aromatic N) is 2. The number of fused-ring (bicyclic) bond motifs is 1. The first-order chi connectivity index (χ1) is 12.3. The van der Waals surface area contributed by atoms with Crippen molar-refractivity contribution < 1.29 is 21.9 Å². The van der Waals surface area contributed by atoms with Crippen molar-refractivity contribution in [2.45, 2.75) is 17.9 Å². The van der Waals surface area contributed by atoms with Crippen LogP contribution < -0.4 is 9.64 Å². The molecule has 1 heterocycles. The number of anilines is 1. The molecule has 0 spiro atoms. The molecule has 8 heteroatoms. The van der Waals surface area contributed by atoms with Crippen molar-refractivity contribution in [3.05, 3.63) is 54.1 Å². The van der Waals surface area contributed by atoms with E-state index in [2.05, 4.69) is 4.90 Å². The number of para-hydroxylation sites is 2. The normalized spacial score (nSPS) is 17.1. The van der Waals surface area contributed by atoms with Gasteiger partial charge >= 0.3 is 0 Å². The van der Waals surface area contributed by atoms with Gasteiger partial charge in [-0.05, 0) is 31.2 Å². The molecule has 1 aliphatic heterocycles. The summed E-state index contributed by atoms with van der Waals surface area (Å²) in [5.74, 6) is -1.56. The number of benzene rings is 2. The van der Waals surface area contributed by atoms with Crippen LogP contribution in [0.4, 0.5) is 14.5 Å². The van der Waals surface area contributed by atoms with Crippen molar-refractivity contribution in [3.63, 3.8) is 0 Å². The van der Waals surface area contributed by atoms with Crippen LogP contribution in [0.5, 0.6) is 5.75 Å². The molecule has 140 valence electrons. The Bertz CT molecular complexity index is 885. The lowest BCUT2D eigenvalue weighted by Gasteiger charge is -2.37. The highest BCUT2D eigenvalue weighted by atomic mass is 32.2. The molecule has 0 N–H and O–H groups in total. The van der Waals surface area contributed by atoms with E-state index >= 15 is 0 Å². The van der Waals surface area contributed by atoms with Crippen LogP contribution in [-0.2, 0) is 10.0 Å². The van der Waals surface area contributed by atoms with Gasteiger partial charge in [-0.3, -0.25) is 0 Å². The first kappa shape index (κ1) is 18.6. The zero-order valence-corrected chi connectivity index (χ0v) is 15.3. The number of sulfonamides is 1. The predicted octanol–water partition coefficient (Wildman–Crippen LogP) is 2.87. The van der Waals surface area contributed by atoms with E-state index in [4.69, 9.17) is 4.74 Å². The summed E-state index contributed by atoms with van der Waals surface area (Å²) in [6.07, 6.45) is -0.459. The Hall–Kier alpha value is -2.19. The van der Waals surface area contributed by atoms with E-state index in [1.807, 2.05) is 31.2 Å². The molecule has 0 aromatic heterocycles. The van der Waals surface area contributed by atoms with E-state index < -0.39 is 32.7 Å². The Morgan fingerprint density at radius 1 is 1.15 bits per heavy atom. The summed E-state index contributed by atoms with van der Waals surface area (Å²) in [6.45, 7) is 3.18. The zero-order chi connectivity index (χ0) is 18.9. The molecule has 0 aliphatic carbocycles. The van der Waals surface area contributed by atoms with Gasteiger partial charge in [0.15, 0.2) is 4.90 Å². The van der Waals surface area contributed by atoms with Gasteiger partial charge in [-0.1, -0.05) is 18.2 Å². The van der Waals surface area contributed by atoms with E-state index in [1.165, 1.54) is 7.05 Å². The average molecular weight is 382 g/mol. The average Bonchev–Trinajstić information content (AvgIpc) is 2.60. The van der Waals surface area contributed by atoms with Gasteiger partial charge in [-0.15, -0.1) is 0 Å². The summed E-state index contributed by atoms with van der Waals surface area (Å²) in [5, 5.41) is 0.